The van der Waals surface area contributed by atoms with Crippen LogP contribution in [0.15, 0.2) is 121 Å². The van der Waals surface area contributed by atoms with Gasteiger partial charge in [0.15, 0.2) is 14.3 Å². The second-order valence-corrected chi connectivity index (χ2v) is 20.8. The average molecular weight is 797 g/mol. The van der Waals surface area contributed by atoms with Crippen molar-refractivity contribution in [1.29, 1.82) is 0 Å². The van der Waals surface area contributed by atoms with Gasteiger partial charge in [-0.25, -0.2) is 0 Å². The van der Waals surface area contributed by atoms with E-state index in [-0.39, 0.29) is 24.1 Å². The van der Waals surface area contributed by atoms with Crippen LogP contribution in [0.2, 0.25) is 0 Å². The molecule has 302 valence electrons. The summed E-state index contributed by atoms with van der Waals surface area (Å²) in [5.74, 6) is -0.164. The number of carbonyl (C=O) groups excluding carboxylic acids is 2. The Balaban J connectivity index is 1.48. The molecule has 0 radical (unpaired) electrons. The summed E-state index contributed by atoms with van der Waals surface area (Å²) in [6.45, 7) is 6.78. The molecule has 0 aliphatic heterocycles. The van der Waals surface area contributed by atoms with E-state index >= 15 is 0 Å². The highest BCUT2D eigenvalue weighted by Crippen LogP contribution is 2.44. The minimum Gasteiger partial charge on any atom is -0.342 e. The number of carbonyl (C=O) groups is 2. The van der Waals surface area contributed by atoms with Gasteiger partial charge in [0.25, 0.3) is 0 Å². The van der Waals surface area contributed by atoms with Crippen molar-refractivity contribution in [2.45, 2.75) is 104 Å². The predicted molar refractivity (Wildman–Crippen MR) is 238 cm³/mol. The number of unbranched alkanes of at least 4 members (excludes halogenated alkanes) is 11. The van der Waals surface area contributed by atoms with Crippen molar-refractivity contribution < 1.29 is 18.7 Å². The molecule has 4 aromatic rings. The topological polar surface area (TPSA) is 74.8 Å². The Morgan fingerprint density at radius 3 is 0.875 bits per heavy atom. The molecule has 0 aliphatic rings. The molecule has 56 heavy (non-hydrogen) atoms. The maximum atomic E-state index is 14.9. The van der Waals surface area contributed by atoms with Gasteiger partial charge in [-0.05, 0) is 25.7 Å². The largest absolute Gasteiger partial charge is 0.342 e. The van der Waals surface area contributed by atoms with Gasteiger partial charge in [0, 0.05) is 47.4 Å². The summed E-state index contributed by atoms with van der Waals surface area (Å²) >= 11 is 0. The van der Waals surface area contributed by atoms with Crippen LogP contribution in [-0.2, 0) is 18.7 Å². The summed E-state index contributed by atoms with van der Waals surface area (Å²) in [6.07, 6.45) is 14.8. The summed E-state index contributed by atoms with van der Waals surface area (Å²) in [6, 6.07) is 37.8. The normalized spacial score (nSPS) is 11.7. The molecule has 0 bridgehead atoms. The molecule has 0 unspecified atom stereocenters. The number of hydrogen-bond donors (Lipinski definition) is 0. The molecule has 2 amide bonds. The highest BCUT2D eigenvalue weighted by atomic mass is 31.2. The predicted octanol–water partition coefficient (Wildman–Crippen LogP) is 10.2. The van der Waals surface area contributed by atoms with E-state index in [2.05, 4.69) is 13.8 Å². The Labute approximate surface area is 338 Å². The molecule has 4 rings (SSSR count). The fourth-order valence-corrected chi connectivity index (χ4v) is 12.5. The van der Waals surface area contributed by atoms with E-state index in [0.717, 1.165) is 51.4 Å². The van der Waals surface area contributed by atoms with Gasteiger partial charge in [0.05, 0.1) is 12.3 Å². The van der Waals surface area contributed by atoms with Crippen molar-refractivity contribution >= 4 is 47.3 Å². The van der Waals surface area contributed by atoms with E-state index < -0.39 is 14.3 Å². The second kappa shape index (κ2) is 24.8. The third-order valence-corrected chi connectivity index (χ3v) is 16.7. The first kappa shape index (κ1) is 45.0. The molecule has 0 atom stereocenters. The third-order valence-electron chi connectivity index (χ3n) is 10.8. The first-order valence-electron chi connectivity index (χ1n) is 21.3. The van der Waals surface area contributed by atoms with Crippen LogP contribution in [0.5, 0.6) is 0 Å². The second-order valence-electron chi connectivity index (χ2n) is 15.1. The lowest BCUT2D eigenvalue weighted by molar-refractivity contribution is -0.130. The van der Waals surface area contributed by atoms with Gasteiger partial charge in [0.2, 0.25) is 11.8 Å². The molecule has 0 heterocycles. The van der Waals surface area contributed by atoms with Gasteiger partial charge in [-0.3, -0.25) is 9.59 Å². The zero-order chi connectivity index (χ0) is 39.9. The molecular formula is C48H66N2O4P2. The van der Waals surface area contributed by atoms with Crippen LogP contribution >= 0.6 is 14.3 Å². The van der Waals surface area contributed by atoms with Gasteiger partial charge in [-0.2, -0.15) is 0 Å². The van der Waals surface area contributed by atoms with Crippen LogP contribution in [0.1, 0.15) is 104 Å². The minimum absolute atomic E-state index is 0.0479. The molecule has 6 nitrogen and oxygen atoms in total. The lowest BCUT2D eigenvalue weighted by Crippen LogP contribution is -2.39. The third kappa shape index (κ3) is 14.0. The van der Waals surface area contributed by atoms with E-state index in [1.165, 1.54) is 38.5 Å². The lowest BCUT2D eigenvalue weighted by Gasteiger charge is -2.28. The highest BCUT2D eigenvalue weighted by Gasteiger charge is 2.33. The summed E-state index contributed by atoms with van der Waals surface area (Å²) in [4.78, 5) is 32.3. The lowest BCUT2D eigenvalue weighted by atomic mass is 10.1. The van der Waals surface area contributed by atoms with Crippen LogP contribution in [0, 0.1) is 0 Å². The molecule has 8 heteroatoms. The summed E-state index contributed by atoms with van der Waals surface area (Å²) in [7, 11) is -6.44. The molecule has 0 spiro atoms. The van der Waals surface area contributed by atoms with Crippen molar-refractivity contribution in [3.8, 4) is 0 Å². The summed E-state index contributed by atoms with van der Waals surface area (Å²) in [5, 5.41) is 2.80. The van der Waals surface area contributed by atoms with Crippen molar-refractivity contribution in [2.24, 2.45) is 0 Å². The van der Waals surface area contributed by atoms with E-state index in [0.29, 0.717) is 47.4 Å². The number of amides is 2. The van der Waals surface area contributed by atoms with Crippen LogP contribution in [0.3, 0.4) is 0 Å². The fourth-order valence-electron chi connectivity index (χ4n) is 7.41. The van der Waals surface area contributed by atoms with E-state index in [1.54, 1.807) is 0 Å². The van der Waals surface area contributed by atoms with Crippen molar-refractivity contribution in [1.82, 2.24) is 9.80 Å². The van der Waals surface area contributed by atoms with E-state index in [1.807, 2.05) is 131 Å². The fraction of sp³-hybridized carbons (Fsp3) is 0.458. The molecule has 0 saturated carbocycles. The van der Waals surface area contributed by atoms with Gasteiger partial charge >= 0.3 is 0 Å². The van der Waals surface area contributed by atoms with Crippen LogP contribution in [-0.4, -0.2) is 60.1 Å². The van der Waals surface area contributed by atoms with Crippen LogP contribution in [0.25, 0.3) is 0 Å². The molecular weight excluding hydrogens is 730 g/mol. The van der Waals surface area contributed by atoms with Gasteiger partial charge in [-0.1, -0.05) is 199 Å². The SMILES string of the molecule is CCCCCCCCN(CCCCN(CCCCCCCC)C(=O)CP(=O)(c1ccccc1)c1ccccc1)C(=O)CP(=O)(c1ccccc1)c1ccccc1. The minimum atomic E-state index is -3.22. The number of rotatable bonds is 27. The summed E-state index contributed by atoms with van der Waals surface area (Å²) in [5.41, 5.74) is 0. The van der Waals surface area contributed by atoms with Gasteiger partial charge in [0.1, 0.15) is 0 Å². The van der Waals surface area contributed by atoms with E-state index in [4.69, 9.17) is 0 Å². The molecule has 4 aromatic carbocycles. The van der Waals surface area contributed by atoms with Crippen molar-refractivity contribution in [2.75, 3.05) is 38.5 Å². The standard InChI is InChI=1S/C48H66N2O4P2/c1-3-5-7-9-11-25-37-49(47(51)41-55(53,43-29-17-13-18-30-43)44-31-19-14-20-32-44)39-27-28-40-50(38-26-12-10-8-6-4-2)48(52)42-56(54,45-33-21-15-22-34-45)46-35-23-16-24-36-46/h13-24,29-36H,3-12,25-28,37-42H2,1-2H3. The van der Waals surface area contributed by atoms with Crippen molar-refractivity contribution in [3.63, 3.8) is 0 Å². The van der Waals surface area contributed by atoms with Crippen LogP contribution < -0.4 is 21.2 Å². The van der Waals surface area contributed by atoms with Gasteiger partial charge in [-0.15, -0.1) is 0 Å². The Morgan fingerprint density at radius 1 is 0.375 bits per heavy atom. The number of hydrogen-bond acceptors (Lipinski definition) is 4. The highest BCUT2D eigenvalue weighted by molar-refractivity contribution is 7.79. The average Bonchev–Trinajstić information content (AvgIpc) is 3.24. The number of benzene rings is 4. The van der Waals surface area contributed by atoms with Gasteiger partial charge < -0.3 is 18.9 Å². The number of nitrogens with zero attached hydrogens (tertiary/aromatic N) is 2. The maximum Gasteiger partial charge on any atom is 0.230 e. The smallest absolute Gasteiger partial charge is 0.230 e. The first-order valence-corrected chi connectivity index (χ1v) is 25.1. The Morgan fingerprint density at radius 2 is 0.607 bits per heavy atom. The molecule has 0 fully saturated rings. The Hall–Kier alpha value is -3.72. The molecule has 0 aliphatic carbocycles. The van der Waals surface area contributed by atoms with Crippen LogP contribution in [0.4, 0.5) is 0 Å². The molecule has 0 N–H and O–H groups in total. The maximum absolute atomic E-state index is 14.9. The zero-order valence-electron chi connectivity index (χ0n) is 34.1. The summed E-state index contributed by atoms with van der Waals surface area (Å²) < 4.78 is 29.7. The zero-order valence-corrected chi connectivity index (χ0v) is 35.9. The monoisotopic (exact) mass is 796 g/mol. The first-order chi connectivity index (χ1) is 27.3. The Bertz CT molecular complexity index is 1570. The molecule has 0 aromatic heterocycles. The Kier molecular flexibility index (Phi) is 19.9. The molecule has 0 saturated heterocycles. The van der Waals surface area contributed by atoms with Crippen molar-refractivity contribution in [3.05, 3.63) is 121 Å². The quantitative estimate of drug-likeness (QED) is 0.0445. The van der Waals surface area contributed by atoms with E-state index in [9.17, 15) is 18.7 Å².